The normalized spacial score (nSPS) is 12.2. The van der Waals surface area contributed by atoms with Crippen LogP contribution in [0.3, 0.4) is 0 Å². The molecule has 3 aromatic rings. The molecule has 11 heteroatoms. The summed E-state index contributed by atoms with van der Waals surface area (Å²) in [4.78, 5) is 32.3. The summed E-state index contributed by atoms with van der Waals surface area (Å²) >= 11 is 0. The van der Waals surface area contributed by atoms with E-state index in [1.807, 2.05) is 46.4 Å². The molecular weight excluding hydrogens is 418 g/mol. The van der Waals surface area contributed by atoms with Crippen LogP contribution in [0, 0.1) is 5.92 Å². The van der Waals surface area contributed by atoms with Crippen molar-refractivity contribution in [3.8, 4) is 0 Å². The van der Waals surface area contributed by atoms with Crippen LogP contribution in [0.4, 0.5) is 23.8 Å². The van der Waals surface area contributed by atoms with Gasteiger partial charge in [0, 0.05) is 34.2 Å². The van der Waals surface area contributed by atoms with E-state index >= 15 is 0 Å². The van der Waals surface area contributed by atoms with Gasteiger partial charge in [-0.05, 0) is 11.5 Å². The second-order valence-electron chi connectivity index (χ2n) is 8.61. The lowest BCUT2D eigenvalue weighted by molar-refractivity contribution is 0.131. The van der Waals surface area contributed by atoms with Gasteiger partial charge in [-0.25, -0.2) is 0 Å². The molecule has 2 aromatic heterocycles. The number of hydrogen-bond donors (Lipinski definition) is 2. The number of nitrogens with two attached hydrogens (primary N) is 2. The maximum atomic E-state index is 5.98. The summed E-state index contributed by atoms with van der Waals surface area (Å²) in [7, 11) is 7.47. The Morgan fingerprint density at radius 1 is 0.697 bits per heavy atom. The average molecular weight is 452 g/mol. The molecule has 0 aliphatic rings. The zero-order valence-electron chi connectivity index (χ0n) is 20.1. The summed E-state index contributed by atoms with van der Waals surface area (Å²) in [5, 5.41) is 0. The predicted molar refractivity (Wildman–Crippen MR) is 130 cm³/mol. The van der Waals surface area contributed by atoms with Gasteiger partial charge in [-0.3, -0.25) is 4.90 Å². The molecule has 0 fully saturated rings. The van der Waals surface area contributed by atoms with Gasteiger partial charge in [0.1, 0.15) is 11.6 Å². The van der Waals surface area contributed by atoms with E-state index in [1.54, 1.807) is 9.80 Å². The van der Waals surface area contributed by atoms with Gasteiger partial charge in [-0.2, -0.15) is 29.9 Å². The molecule has 2 heterocycles. The molecular formula is C22H33N11. The molecule has 4 N–H and O–H groups in total. The predicted octanol–water partition coefficient (Wildman–Crippen LogP) is 1.75. The monoisotopic (exact) mass is 451 g/mol. The van der Waals surface area contributed by atoms with E-state index in [4.69, 9.17) is 11.5 Å². The third kappa shape index (κ3) is 6.22. The lowest BCUT2D eigenvalue weighted by Gasteiger charge is -2.34. The first-order valence-corrected chi connectivity index (χ1v) is 10.8. The Balaban J connectivity index is 2.05. The van der Waals surface area contributed by atoms with Gasteiger partial charge in [0.15, 0.2) is 0 Å². The van der Waals surface area contributed by atoms with Crippen LogP contribution in [0.15, 0.2) is 30.3 Å². The standard InChI is InChI=1S/C22H33N11/c1-14(2)18(15-10-8-7-9-11-15)33(12-16-25-19(23)29-21(27-16)31(3)4)13-17-26-20(24)30-22(28-17)32(5)6/h7-11,14,18H,12-13H2,1-6H3,(H2,23,25,27,29)(H2,24,26,28,30)/t18-/m0/s1. The topological polar surface area (TPSA) is 139 Å². The van der Waals surface area contributed by atoms with Crippen molar-refractivity contribution in [3.63, 3.8) is 0 Å². The van der Waals surface area contributed by atoms with E-state index in [-0.39, 0.29) is 23.9 Å². The minimum absolute atomic E-state index is 0.0489. The van der Waals surface area contributed by atoms with Crippen molar-refractivity contribution in [1.82, 2.24) is 34.8 Å². The Morgan fingerprint density at radius 3 is 1.55 bits per heavy atom. The highest BCUT2D eigenvalue weighted by Crippen LogP contribution is 2.31. The van der Waals surface area contributed by atoms with E-state index in [2.05, 4.69) is 60.8 Å². The Hall–Kier alpha value is -3.60. The maximum Gasteiger partial charge on any atom is 0.229 e. The Kier molecular flexibility index (Phi) is 7.54. The molecule has 0 saturated carbocycles. The number of anilines is 4. The Labute approximate surface area is 194 Å². The van der Waals surface area contributed by atoms with Gasteiger partial charge >= 0.3 is 0 Å². The summed E-state index contributed by atoms with van der Waals surface area (Å²) in [6.07, 6.45) is 0. The van der Waals surface area contributed by atoms with Crippen molar-refractivity contribution in [2.75, 3.05) is 49.5 Å². The van der Waals surface area contributed by atoms with Gasteiger partial charge < -0.3 is 21.3 Å². The van der Waals surface area contributed by atoms with E-state index in [0.29, 0.717) is 36.6 Å². The fraction of sp³-hybridized carbons (Fsp3) is 0.455. The highest BCUT2D eigenvalue weighted by molar-refractivity contribution is 5.34. The molecule has 176 valence electrons. The lowest BCUT2D eigenvalue weighted by atomic mass is 9.94. The van der Waals surface area contributed by atoms with Crippen molar-refractivity contribution in [2.45, 2.75) is 33.0 Å². The van der Waals surface area contributed by atoms with Crippen LogP contribution in [-0.4, -0.2) is 63.0 Å². The zero-order chi connectivity index (χ0) is 24.1. The van der Waals surface area contributed by atoms with Gasteiger partial charge in [0.25, 0.3) is 0 Å². The van der Waals surface area contributed by atoms with Gasteiger partial charge in [-0.15, -0.1) is 0 Å². The first-order chi connectivity index (χ1) is 15.6. The molecule has 0 saturated heterocycles. The molecule has 0 bridgehead atoms. The minimum Gasteiger partial charge on any atom is -0.368 e. The second-order valence-corrected chi connectivity index (χ2v) is 8.61. The molecule has 0 unspecified atom stereocenters. The number of aromatic nitrogens is 6. The first kappa shape index (κ1) is 24.1. The van der Waals surface area contributed by atoms with Crippen LogP contribution in [0.25, 0.3) is 0 Å². The number of benzene rings is 1. The van der Waals surface area contributed by atoms with Crippen molar-refractivity contribution in [1.29, 1.82) is 0 Å². The van der Waals surface area contributed by atoms with E-state index in [9.17, 15) is 0 Å². The van der Waals surface area contributed by atoms with E-state index in [1.165, 1.54) is 5.56 Å². The van der Waals surface area contributed by atoms with Crippen LogP contribution < -0.4 is 21.3 Å². The number of nitrogen functional groups attached to an aromatic ring is 2. The number of rotatable bonds is 9. The molecule has 0 spiro atoms. The summed E-state index contributed by atoms with van der Waals surface area (Å²) in [6.45, 7) is 5.22. The van der Waals surface area contributed by atoms with Crippen LogP contribution in [0.5, 0.6) is 0 Å². The highest BCUT2D eigenvalue weighted by Gasteiger charge is 2.26. The van der Waals surface area contributed by atoms with Gasteiger partial charge in [0.2, 0.25) is 23.8 Å². The van der Waals surface area contributed by atoms with E-state index in [0.717, 1.165) is 0 Å². The molecule has 0 radical (unpaired) electrons. The molecule has 11 nitrogen and oxygen atoms in total. The van der Waals surface area contributed by atoms with Crippen LogP contribution in [-0.2, 0) is 13.1 Å². The Morgan fingerprint density at radius 2 is 1.15 bits per heavy atom. The Bertz CT molecular complexity index is 994. The van der Waals surface area contributed by atoms with Crippen LogP contribution in [0.2, 0.25) is 0 Å². The van der Waals surface area contributed by atoms with Crippen molar-refractivity contribution in [3.05, 3.63) is 47.5 Å². The smallest absolute Gasteiger partial charge is 0.229 e. The lowest BCUT2D eigenvalue weighted by Crippen LogP contribution is -2.33. The van der Waals surface area contributed by atoms with Gasteiger partial charge in [0.05, 0.1) is 13.1 Å². The fourth-order valence-corrected chi connectivity index (χ4v) is 3.68. The zero-order valence-corrected chi connectivity index (χ0v) is 20.1. The third-order valence-corrected chi connectivity index (χ3v) is 5.03. The number of hydrogen-bond acceptors (Lipinski definition) is 11. The summed E-state index contributed by atoms with van der Waals surface area (Å²) < 4.78 is 0. The van der Waals surface area contributed by atoms with Crippen molar-refractivity contribution in [2.24, 2.45) is 5.92 Å². The number of nitrogens with zero attached hydrogens (tertiary/aromatic N) is 9. The minimum atomic E-state index is 0.0489. The fourth-order valence-electron chi connectivity index (χ4n) is 3.68. The maximum absolute atomic E-state index is 5.98. The summed E-state index contributed by atoms with van der Waals surface area (Å²) in [6, 6.07) is 10.4. The van der Waals surface area contributed by atoms with Crippen molar-refractivity contribution < 1.29 is 0 Å². The van der Waals surface area contributed by atoms with E-state index < -0.39 is 0 Å². The quantitative estimate of drug-likeness (QED) is 0.492. The molecule has 3 rings (SSSR count). The van der Waals surface area contributed by atoms with Crippen molar-refractivity contribution >= 4 is 23.8 Å². The summed E-state index contributed by atoms with van der Waals surface area (Å²) in [5.41, 5.74) is 13.1. The SMILES string of the molecule is CC(C)[C@@H](c1ccccc1)N(Cc1nc(N)nc(N(C)C)n1)Cc1nc(N)nc(N(C)C)n1. The third-order valence-electron chi connectivity index (χ3n) is 5.03. The largest absolute Gasteiger partial charge is 0.368 e. The van der Waals surface area contributed by atoms with Crippen LogP contribution >= 0.6 is 0 Å². The van der Waals surface area contributed by atoms with Gasteiger partial charge in [-0.1, -0.05) is 44.2 Å². The molecule has 0 aliphatic heterocycles. The molecule has 0 aliphatic carbocycles. The molecule has 1 aromatic carbocycles. The second kappa shape index (κ2) is 10.3. The van der Waals surface area contributed by atoms with Crippen LogP contribution in [0.1, 0.15) is 37.1 Å². The molecule has 1 atom stereocenters. The first-order valence-electron chi connectivity index (χ1n) is 10.8. The molecule has 0 amide bonds. The highest BCUT2D eigenvalue weighted by atomic mass is 15.3. The molecule has 33 heavy (non-hydrogen) atoms. The summed E-state index contributed by atoms with van der Waals surface area (Å²) in [5.74, 6) is 2.82. The average Bonchev–Trinajstić information content (AvgIpc) is 2.73.